The number of aryl methyl sites for hydroxylation is 1. The summed E-state index contributed by atoms with van der Waals surface area (Å²) in [6, 6.07) is 17.7. The zero-order chi connectivity index (χ0) is 27.4. The van der Waals surface area contributed by atoms with Crippen molar-refractivity contribution in [3.63, 3.8) is 0 Å². The minimum atomic E-state index is -4.10. The molecule has 3 amide bonds. The SMILES string of the molecule is COc1cc(/C=C2\SC(=O)N(CC(=O)Nc3ccc(I)cc3)C2=O)ccc1OS(=O)(=O)c1ccc(C)cc1. The van der Waals surface area contributed by atoms with Gasteiger partial charge in [-0.3, -0.25) is 19.3 Å². The standard InChI is InChI=1S/C26H21IN2O7S2/c1-16-3-10-20(11-4-16)38(33,34)36-21-12-5-17(13-22(21)35-2)14-23-25(31)29(26(32)37-23)15-24(30)28-19-8-6-18(27)7-9-19/h3-14H,15H2,1-2H3,(H,28,30)/b23-14-. The molecule has 0 spiro atoms. The number of hydrogen-bond acceptors (Lipinski definition) is 8. The fraction of sp³-hybridized carbons (Fsp3) is 0.115. The Labute approximate surface area is 237 Å². The van der Waals surface area contributed by atoms with Crippen LogP contribution in [0.15, 0.2) is 76.5 Å². The number of imide groups is 1. The second-order valence-corrected chi connectivity index (χ2v) is 11.9. The van der Waals surface area contributed by atoms with Crippen LogP contribution in [0.5, 0.6) is 11.5 Å². The van der Waals surface area contributed by atoms with Crippen LogP contribution in [0, 0.1) is 10.5 Å². The van der Waals surface area contributed by atoms with E-state index in [1.54, 1.807) is 24.3 Å². The van der Waals surface area contributed by atoms with Crippen molar-refractivity contribution in [2.45, 2.75) is 11.8 Å². The molecule has 3 aromatic carbocycles. The van der Waals surface area contributed by atoms with Gasteiger partial charge in [-0.25, -0.2) is 0 Å². The topological polar surface area (TPSA) is 119 Å². The molecule has 1 saturated heterocycles. The van der Waals surface area contributed by atoms with Crippen LogP contribution in [-0.4, -0.2) is 44.0 Å². The summed E-state index contributed by atoms with van der Waals surface area (Å²) in [5, 5.41) is 2.09. The first-order valence-corrected chi connectivity index (χ1v) is 14.4. The van der Waals surface area contributed by atoms with Crippen LogP contribution in [0.25, 0.3) is 6.08 Å². The van der Waals surface area contributed by atoms with E-state index in [1.165, 1.54) is 43.5 Å². The van der Waals surface area contributed by atoms with Crippen LogP contribution in [0.2, 0.25) is 0 Å². The van der Waals surface area contributed by atoms with Crippen molar-refractivity contribution in [1.29, 1.82) is 0 Å². The molecule has 1 aliphatic heterocycles. The van der Waals surface area contributed by atoms with E-state index >= 15 is 0 Å². The number of halogens is 1. The van der Waals surface area contributed by atoms with Crippen molar-refractivity contribution >= 4 is 73.3 Å². The molecule has 1 aliphatic rings. The maximum Gasteiger partial charge on any atom is 0.339 e. The molecule has 0 atom stereocenters. The lowest BCUT2D eigenvalue weighted by Gasteiger charge is -2.12. The third-order valence-electron chi connectivity index (χ3n) is 5.30. The number of nitrogens with one attached hydrogen (secondary N) is 1. The molecule has 3 aromatic rings. The van der Waals surface area contributed by atoms with Gasteiger partial charge >= 0.3 is 10.1 Å². The summed E-state index contributed by atoms with van der Waals surface area (Å²) >= 11 is 2.84. The lowest BCUT2D eigenvalue weighted by atomic mass is 10.2. The van der Waals surface area contributed by atoms with Crippen LogP contribution in [-0.2, 0) is 19.7 Å². The molecule has 1 N–H and O–H groups in total. The van der Waals surface area contributed by atoms with Crippen LogP contribution in [0.1, 0.15) is 11.1 Å². The summed E-state index contributed by atoms with van der Waals surface area (Å²) in [7, 11) is -2.75. The van der Waals surface area contributed by atoms with Crippen molar-refractivity contribution < 1.29 is 31.7 Å². The van der Waals surface area contributed by atoms with Gasteiger partial charge in [0.15, 0.2) is 11.5 Å². The van der Waals surface area contributed by atoms with Crippen LogP contribution >= 0.6 is 34.4 Å². The number of carbonyl (C=O) groups is 3. The molecule has 0 bridgehead atoms. The number of thioether (sulfide) groups is 1. The van der Waals surface area contributed by atoms with E-state index in [9.17, 15) is 22.8 Å². The Morgan fingerprint density at radius 3 is 2.37 bits per heavy atom. The second-order valence-electron chi connectivity index (χ2n) is 8.08. The summed E-state index contributed by atoms with van der Waals surface area (Å²) in [5.41, 5.74) is 1.93. The van der Waals surface area contributed by atoms with Crippen molar-refractivity contribution in [2.24, 2.45) is 0 Å². The molecule has 1 fully saturated rings. The van der Waals surface area contributed by atoms with E-state index in [2.05, 4.69) is 27.9 Å². The molecule has 0 aromatic heterocycles. The molecule has 0 saturated carbocycles. The zero-order valence-corrected chi connectivity index (χ0v) is 23.9. The van der Waals surface area contributed by atoms with Crippen molar-refractivity contribution in [3.8, 4) is 11.5 Å². The number of nitrogens with zero attached hydrogens (tertiary/aromatic N) is 1. The number of amides is 3. The minimum Gasteiger partial charge on any atom is -0.493 e. The number of benzene rings is 3. The summed E-state index contributed by atoms with van der Waals surface area (Å²) in [6.07, 6.45) is 1.46. The highest BCUT2D eigenvalue weighted by molar-refractivity contribution is 14.1. The van der Waals surface area contributed by atoms with Crippen molar-refractivity contribution in [3.05, 3.63) is 86.3 Å². The highest BCUT2D eigenvalue weighted by Crippen LogP contribution is 2.35. The Kier molecular flexibility index (Phi) is 8.43. The van der Waals surface area contributed by atoms with Gasteiger partial charge in [0, 0.05) is 9.26 Å². The summed E-state index contributed by atoms with van der Waals surface area (Å²) in [5.74, 6) is -1.04. The van der Waals surface area contributed by atoms with Gasteiger partial charge in [-0.05, 0) is 101 Å². The highest BCUT2D eigenvalue weighted by atomic mass is 127. The van der Waals surface area contributed by atoms with E-state index in [0.29, 0.717) is 23.0 Å². The quantitative estimate of drug-likeness (QED) is 0.202. The first-order chi connectivity index (χ1) is 18.1. The first-order valence-electron chi connectivity index (χ1n) is 11.1. The number of ether oxygens (including phenoxy) is 1. The fourth-order valence-electron chi connectivity index (χ4n) is 3.38. The number of anilines is 1. The molecule has 4 rings (SSSR count). The maximum atomic E-state index is 12.8. The fourth-order valence-corrected chi connectivity index (χ4v) is 5.52. The van der Waals surface area contributed by atoms with E-state index < -0.39 is 33.7 Å². The second kappa shape index (κ2) is 11.6. The van der Waals surface area contributed by atoms with E-state index in [-0.39, 0.29) is 21.3 Å². The van der Waals surface area contributed by atoms with Gasteiger partial charge in [-0.15, -0.1) is 0 Å². The molecule has 0 radical (unpaired) electrons. The van der Waals surface area contributed by atoms with Gasteiger partial charge in [0.05, 0.1) is 12.0 Å². The Morgan fingerprint density at radius 1 is 1.03 bits per heavy atom. The third kappa shape index (κ3) is 6.55. The van der Waals surface area contributed by atoms with Gasteiger partial charge in [-0.2, -0.15) is 8.42 Å². The molecule has 0 unspecified atom stereocenters. The minimum absolute atomic E-state index is 0.00559. The van der Waals surface area contributed by atoms with Gasteiger partial charge in [-0.1, -0.05) is 23.8 Å². The third-order valence-corrected chi connectivity index (χ3v) is 8.17. The molecule has 38 heavy (non-hydrogen) atoms. The average molecular weight is 664 g/mol. The molecular formula is C26H21IN2O7S2. The summed E-state index contributed by atoms with van der Waals surface area (Å²) < 4.78 is 36.9. The van der Waals surface area contributed by atoms with Crippen molar-refractivity contribution in [2.75, 3.05) is 19.0 Å². The van der Waals surface area contributed by atoms with Gasteiger partial charge < -0.3 is 14.2 Å². The normalized spacial score (nSPS) is 14.6. The maximum absolute atomic E-state index is 12.8. The monoisotopic (exact) mass is 664 g/mol. The predicted molar refractivity (Wildman–Crippen MR) is 152 cm³/mol. The molecule has 9 nitrogen and oxygen atoms in total. The molecular weight excluding hydrogens is 643 g/mol. The smallest absolute Gasteiger partial charge is 0.339 e. The number of hydrogen-bond donors (Lipinski definition) is 1. The summed E-state index contributed by atoms with van der Waals surface area (Å²) in [4.78, 5) is 38.6. The number of carbonyl (C=O) groups excluding carboxylic acids is 3. The zero-order valence-electron chi connectivity index (χ0n) is 20.1. The number of methoxy groups -OCH3 is 1. The largest absolute Gasteiger partial charge is 0.493 e. The Balaban J connectivity index is 1.48. The Bertz CT molecular complexity index is 1540. The van der Waals surface area contributed by atoms with E-state index in [0.717, 1.165) is 14.0 Å². The predicted octanol–water partition coefficient (Wildman–Crippen LogP) is 5.05. The molecule has 12 heteroatoms. The average Bonchev–Trinajstić information content (AvgIpc) is 3.13. The van der Waals surface area contributed by atoms with Crippen LogP contribution < -0.4 is 14.2 Å². The first kappa shape index (κ1) is 27.7. The van der Waals surface area contributed by atoms with Crippen molar-refractivity contribution in [1.82, 2.24) is 4.90 Å². The highest BCUT2D eigenvalue weighted by Gasteiger charge is 2.36. The summed E-state index contributed by atoms with van der Waals surface area (Å²) in [6.45, 7) is 1.41. The molecule has 1 heterocycles. The van der Waals surface area contributed by atoms with E-state index in [1.807, 2.05) is 19.1 Å². The van der Waals surface area contributed by atoms with Crippen LogP contribution in [0.4, 0.5) is 10.5 Å². The van der Waals surface area contributed by atoms with Crippen LogP contribution in [0.3, 0.4) is 0 Å². The molecule has 196 valence electrons. The Hall–Kier alpha value is -3.36. The lowest BCUT2D eigenvalue weighted by molar-refractivity contribution is -0.127. The van der Waals surface area contributed by atoms with E-state index in [4.69, 9.17) is 8.92 Å². The lowest BCUT2D eigenvalue weighted by Crippen LogP contribution is -2.36. The Morgan fingerprint density at radius 2 is 1.71 bits per heavy atom. The van der Waals surface area contributed by atoms with Gasteiger partial charge in [0.1, 0.15) is 11.4 Å². The van der Waals surface area contributed by atoms with Gasteiger partial charge in [0.2, 0.25) is 5.91 Å². The number of rotatable bonds is 8. The molecule has 0 aliphatic carbocycles. The van der Waals surface area contributed by atoms with Gasteiger partial charge in [0.25, 0.3) is 11.1 Å².